The van der Waals surface area contributed by atoms with Gasteiger partial charge in [-0.1, -0.05) is 5.16 Å². The molecule has 0 aromatic carbocycles. The summed E-state index contributed by atoms with van der Waals surface area (Å²) in [4.78, 5) is 16.9. The Kier molecular flexibility index (Phi) is 2.51. The Morgan fingerprint density at radius 3 is 2.74 bits per heavy atom. The molecule has 0 bridgehead atoms. The molecule has 1 N–H and O–H groups in total. The van der Waals surface area contributed by atoms with Crippen molar-refractivity contribution in [3.8, 4) is 0 Å². The number of amides is 2. The van der Waals surface area contributed by atoms with E-state index in [9.17, 15) is 13.6 Å². The lowest BCUT2D eigenvalue weighted by Crippen LogP contribution is -2.54. The fourth-order valence-electron chi connectivity index (χ4n) is 2.17. The van der Waals surface area contributed by atoms with Crippen molar-refractivity contribution in [2.75, 3.05) is 13.1 Å². The first-order valence-electron chi connectivity index (χ1n) is 6.12. The van der Waals surface area contributed by atoms with Gasteiger partial charge in [-0.15, -0.1) is 0 Å². The number of nitrogens with one attached hydrogen (secondary N) is 1. The van der Waals surface area contributed by atoms with Crippen molar-refractivity contribution in [3.63, 3.8) is 0 Å². The number of aromatic nitrogens is 2. The van der Waals surface area contributed by atoms with Crippen LogP contribution < -0.4 is 5.32 Å². The van der Waals surface area contributed by atoms with Gasteiger partial charge in [-0.2, -0.15) is 13.8 Å². The van der Waals surface area contributed by atoms with Crippen LogP contribution in [0.2, 0.25) is 0 Å². The average Bonchev–Trinajstić information content (AvgIpc) is 2.93. The molecule has 19 heavy (non-hydrogen) atoms. The SMILES string of the molecule is CC(F)(F)c1noc(CNC(=O)N2CC3(CC3)C2)n1. The highest BCUT2D eigenvalue weighted by Gasteiger charge is 2.53. The van der Waals surface area contributed by atoms with Gasteiger partial charge in [-0.3, -0.25) is 0 Å². The fraction of sp³-hybridized carbons (Fsp3) is 0.727. The van der Waals surface area contributed by atoms with Crippen LogP contribution in [0.4, 0.5) is 13.6 Å². The zero-order valence-electron chi connectivity index (χ0n) is 10.4. The second-order valence-electron chi connectivity index (χ2n) is 5.41. The molecule has 1 saturated heterocycles. The molecule has 1 spiro atoms. The highest BCUT2D eigenvalue weighted by molar-refractivity contribution is 5.75. The number of alkyl halides is 2. The number of carbonyl (C=O) groups excluding carboxylic acids is 1. The van der Waals surface area contributed by atoms with Gasteiger partial charge in [0.25, 0.3) is 0 Å². The zero-order valence-corrected chi connectivity index (χ0v) is 10.4. The number of likely N-dealkylation sites (tertiary alicyclic amines) is 1. The highest BCUT2D eigenvalue weighted by atomic mass is 19.3. The van der Waals surface area contributed by atoms with Crippen LogP contribution in [0, 0.1) is 5.41 Å². The molecule has 6 nitrogen and oxygen atoms in total. The number of hydrogen-bond donors (Lipinski definition) is 1. The molecule has 1 aromatic heterocycles. The molecule has 2 fully saturated rings. The van der Waals surface area contributed by atoms with E-state index in [1.807, 2.05) is 0 Å². The normalized spacial score (nSPS) is 20.3. The standard InChI is InChI=1S/C11H14F2N4O2/c1-10(12,13)8-15-7(19-16-8)4-14-9(18)17-5-11(6-17)2-3-11/h2-6H2,1H3,(H,14,18). The summed E-state index contributed by atoms with van der Waals surface area (Å²) in [5, 5.41) is 5.75. The maximum absolute atomic E-state index is 12.9. The molecule has 8 heteroatoms. The van der Waals surface area contributed by atoms with E-state index in [1.54, 1.807) is 4.90 Å². The molecule has 1 aliphatic heterocycles. The first-order chi connectivity index (χ1) is 8.88. The molecule has 0 unspecified atom stereocenters. The predicted molar refractivity (Wildman–Crippen MR) is 59.3 cm³/mol. The van der Waals surface area contributed by atoms with Crippen molar-refractivity contribution in [1.29, 1.82) is 0 Å². The molecule has 104 valence electrons. The minimum absolute atomic E-state index is 0.0217. The van der Waals surface area contributed by atoms with E-state index >= 15 is 0 Å². The molecule has 3 rings (SSSR count). The summed E-state index contributed by atoms with van der Waals surface area (Å²) in [5.41, 5.74) is 0.388. The van der Waals surface area contributed by atoms with Gasteiger partial charge in [0.1, 0.15) is 0 Å². The van der Waals surface area contributed by atoms with E-state index in [4.69, 9.17) is 0 Å². The summed E-state index contributed by atoms with van der Waals surface area (Å²) < 4.78 is 30.4. The largest absolute Gasteiger partial charge is 0.337 e. The van der Waals surface area contributed by atoms with E-state index in [0.717, 1.165) is 13.1 Å². The van der Waals surface area contributed by atoms with Gasteiger partial charge in [0.05, 0.1) is 6.54 Å². The quantitative estimate of drug-likeness (QED) is 0.904. The van der Waals surface area contributed by atoms with Crippen molar-refractivity contribution in [2.45, 2.75) is 32.2 Å². The van der Waals surface area contributed by atoms with Crippen molar-refractivity contribution in [1.82, 2.24) is 20.4 Å². The summed E-state index contributed by atoms with van der Waals surface area (Å²) in [5.74, 6) is -3.83. The number of rotatable bonds is 3. The van der Waals surface area contributed by atoms with Crippen LogP contribution in [-0.4, -0.2) is 34.2 Å². The van der Waals surface area contributed by atoms with Gasteiger partial charge < -0.3 is 14.7 Å². The Bertz CT molecular complexity index is 499. The van der Waals surface area contributed by atoms with Crippen LogP contribution in [0.5, 0.6) is 0 Å². The predicted octanol–water partition coefficient (Wildman–Crippen LogP) is 1.49. The Morgan fingerprint density at radius 2 is 2.21 bits per heavy atom. The van der Waals surface area contributed by atoms with E-state index < -0.39 is 11.7 Å². The number of halogens is 2. The third-order valence-electron chi connectivity index (χ3n) is 3.55. The molecule has 2 heterocycles. The second kappa shape index (κ2) is 3.88. The van der Waals surface area contributed by atoms with Crippen molar-refractivity contribution in [3.05, 3.63) is 11.7 Å². The van der Waals surface area contributed by atoms with Gasteiger partial charge >= 0.3 is 12.0 Å². The van der Waals surface area contributed by atoms with Crippen LogP contribution in [0.3, 0.4) is 0 Å². The van der Waals surface area contributed by atoms with E-state index in [2.05, 4.69) is 20.0 Å². The van der Waals surface area contributed by atoms with Crippen LogP contribution in [0.25, 0.3) is 0 Å². The van der Waals surface area contributed by atoms with Crippen LogP contribution in [-0.2, 0) is 12.5 Å². The maximum atomic E-state index is 12.9. The molecule has 0 radical (unpaired) electrons. The number of urea groups is 1. The monoisotopic (exact) mass is 272 g/mol. The molecule has 1 saturated carbocycles. The van der Waals surface area contributed by atoms with E-state index in [0.29, 0.717) is 12.3 Å². The Morgan fingerprint density at radius 1 is 1.53 bits per heavy atom. The minimum Gasteiger partial charge on any atom is -0.337 e. The van der Waals surface area contributed by atoms with Crippen LogP contribution in [0.15, 0.2) is 4.52 Å². The van der Waals surface area contributed by atoms with E-state index in [-0.39, 0.29) is 18.5 Å². The smallest absolute Gasteiger partial charge is 0.317 e. The summed E-state index contributed by atoms with van der Waals surface area (Å²) in [6.07, 6.45) is 2.38. The third-order valence-corrected chi connectivity index (χ3v) is 3.55. The van der Waals surface area contributed by atoms with Gasteiger partial charge in [-0.05, 0) is 12.8 Å². The van der Waals surface area contributed by atoms with Crippen molar-refractivity contribution < 1.29 is 18.1 Å². The third kappa shape index (κ3) is 2.39. The molecular weight excluding hydrogens is 258 g/mol. The average molecular weight is 272 g/mol. The molecule has 0 atom stereocenters. The maximum Gasteiger partial charge on any atom is 0.317 e. The first-order valence-corrected chi connectivity index (χ1v) is 6.12. The van der Waals surface area contributed by atoms with Gasteiger partial charge in [-0.25, -0.2) is 4.79 Å². The lowest BCUT2D eigenvalue weighted by molar-refractivity contribution is 0.00559. The van der Waals surface area contributed by atoms with Gasteiger partial charge in [0.15, 0.2) is 0 Å². The fourth-order valence-corrected chi connectivity index (χ4v) is 2.17. The highest BCUT2D eigenvalue weighted by Crippen LogP contribution is 2.52. The van der Waals surface area contributed by atoms with Crippen molar-refractivity contribution >= 4 is 6.03 Å². The van der Waals surface area contributed by atoms with E-state index in [1.165, 1.54) is 12.8 Å². The molecule has 1 aromatic rings. The van der Waals surface area contributed by atoms with Crippen LogP contribution in [0.1, 0.15) is 31.5 Å². The Balaban J connectivity index is 1.49. The molecular formula is C11H14F2N4O2. The summed E-state index contributed by atoms with van der Waals surface area (Å²) in [6, 6.07) is -0.222. The minimum atomic E-state index is -3.14. The van der Waals surface area contributed by atoms with Gasteiger partial charge in [0, 0.05) is 25.4 Å². The Labute approximate surface area is 108 Å². The molecule has 1 aliphatic carbocycles. The molecule has 2 amide bonds. The van der Waals surface area contributed by atoms with Crippen molar-refractivity contribution in [2.24, 2.45) is 5.41 Å². The summed E-state index contributed by atoms with van der Waals surface area (Å²) in [7, 11) is 0. The zero-order chi connectivity index (χ0) is 13.7. The second-order valence-corrected chi connectivity index (χ2v) is 5.41. The summed E-state index contributed by atoms with van der Waals surface area (Å²) >= 11 is 0. The molecule has 2 aliphatic rings. The lowest BCUT2D eigenvalue weighted by Gasteiger charge is -2.39. The number of carbonyl (C=O) groups is 1. The Hall–Kier alpha value is -1.73. The first kappa shape index (κ1) is 12.3. The van der Waals surface area contributed by atoms with Gasteiger partial charge in [0.2, 0.25) is 11.7 Å². The lowest BCUT2D eigenvalue weighted by atomic mass is 9.98. The topological polar surface area (TPSA) is 71.3 Å². The van der Waals surface area contributed by atoms with Crippen LogP contribution >= 0.6 is 0 Å². The number of nitrogens with zero attached hydrogens (tertiary/aromatic N) is 3. The summed E-state index contributed by atoms with van der Waals surface area (Å²) in [6.45, 7) is 2.21. The number of hydrogen-bond acceptors (Lipinski definition) is 4.